The maximum absolute atomic E-state index is 4.59. The predicted molar refractivity (Wildman–Crippen MR) is 77.4 cm³/mol. The average Bonchev–Trinajstić information content (AvgIpc) is 2.56. The van der Waals surface area contributed by atoms with E-state index in [-0.39, 0.29) is 12.4 Å². The highest BCUT2D eigenvalue weighted by molar-refractivity contribution is 5.85. The fraction of sp³-hybridized carbons (Fsp3) is 0.769. The smallest absolute Gasteiger partial charge is 0.0641 e. The third-order valence-corrected chi connectivity index (χ3v) is 3.67. The van der Waals surface area contributed by atoms with Gasteiger partial charge in [-0.3, -0.25) is 9.58 Å². The topological polar surface area (TPSA) is 33.1 Å². The molecule has 1 aromatic rings. The Morgan fingerprint density at radius 1 is 1.39 bits per heavy atom. The molecule has 0 radical (unpaired) electrons. The Kier molecular flexibility index (Phi) is 5.63. The highest BCUT2D eigenvalue weighted by Gasteiger charge is 2.19. The maximum Gasteiger partial charge on any atom is 0.0641 e. The SMILES string of the molecule is CCn1nc(C)c(CN2CCNC(C)C2)c1C.Cl. The summed E-state index contributed by atoms with van der Waals surface area (Å²) in [6, 6.07) is 0.602. The molecule has 1 aromatic heterocycles. The number of aryl methyl sites for hydroxylation is 2. The molecule has 4 nitrogen and oxygen atoms in total. The minimum atomic E-state index is 0. The number of hydrogen-bond donors (Lipinski definition) is 1. The lowest BCUT2D eigenvalue weighted by atomic mass is 10.1. The highest BCUT2D eigenvalue weighted by Crippen LogP contribution is 2.16. The first-order chi connectivity index (χ1) is 8.11. The zero-order valence-electron chi connectivity index (χ0n) is 11.9. The molecule has 18 heavy (non-hydrogen) atoms. The molecule has 2 rings (SSSR count). The number of halogens is 1. The summed E-state index contributed by atoms with van der Waals surface area (Å²) < 4.78 is 2.11. The molecule has 1 aliphatic heterocycles. The van der Waals surface area contributed by atoms with Gasteiger partial charge in [-0.15, -0.1) is 12.4 Å². The lowest BCUT2D eigenvalue weighted by Gasteiger charge is -2.31. The summed E-state index contributed by atoms with van der Waals surface area (Å²) >= 11 is 0. The van der Waals surface area contributed by atoms with Crippen molar-refractivity contribution in [3.8, 4) is 0 Å². The van der Waals surface area contributed by atoms with Crippen molar-refractivity contribution in [2.75, 3.05) is 19.6 Å². The molecule has 0 aromatic carbocycles. The molecule has 0 spiro atoms. The minimum absolute atomic E-state index is 0. The average molecular weight is 273 g/mol. The molecule has 1 atom stereocenters. The van der Waals surface area contributed by atoms with E-state index in [0.29, 0.717) is 6.04 Å². The molecule has 104 valence electrons. The number of rotatable bonds is 3. The van der Waals surface area contributed by atoms with Crippen molar-refractivity contribution in [1.82, 2.24) is 20.0 Å². The minimum Gasteiger partial charge on any atom is -0.312 e. The van der Waals surface area contributed by atoms with Crippen LogP contribution in [-0.2, 0) is 13.1 Å². The number of nitrogens with zero attached hydrogens (tertiary/aromatic N) is 3. The molecular weight excluding hydrogens is 248 g/mol. The van der Waals surface area contributed by atoms with Gasteiger partial charge in [0.2, 0.25) is 0 Å². The number of hydrogen-bond acceptors (Lipinski definition) is 3. The van der Waals surface area contributed by atoms with Crippen LogP contribution in [0.5, 0.6) is 0 Å². The summed E-state index contributed by atoms with van der Waals surface area (Å²) in [6.07, 6.45) is 0. The Hall–Kier alpha value is -0.580. The van der Waals surface area contributed by atoms with Crippen molar-refractivity contribution in [2.45, 2.75) is 46.8 Å². The van der Waals surface area contributed by atoms with Gasteiger partial charge >= 0.3 is 0 Å². The number of nitrogens with one attached hydrogen (secondary N) is 1. The molecule has 0 bridgehead atoms. The van der Waals surface area contributed by atoms with Crippen LogP contribution < -0.4 is 5.32 Å². The largest absolute Gasteiger partial charge is 0.312 e. The van der Waals surface area contributed by atoms with E-state index in [4.69, 9.17) is 0 Å². The van der Waals surface area contributed by atoms with Crippen LogP contribution >= 0.6 is 12.4 Å². The standard InChI is InChI=1S/C13H24N4.ClH/c1-5-17-12(4)13(11(3)15-17)9-16-7-6-14-10(2)8-16;/h10,14H,5-9H2,1-4H3;1H. The van der Waals surface area contributed by atoms with Gasteiger partial charge < -0.3 is 5.32 Å². The van der Waals surface area contributed by atoms with Crippen molar-refractivity contribution < 1.29 is 0 Å². The van der Waals surface area contributed by atoms with Gasteiger partial charge in [0.15, 0.2) is 0 Å². The molecule has 1 unspecified atom stereocenters. The van der Waals surface area contributed by atoms with E-state index in [1.807, 2.05) is 0 Å². The zero-order valence-corrected chi connectivity index (χ0v) is 12.7. The third-order valence-electron chi connectivity index (χ3n) is 3.67. The quantitative estimate of drug-likeness (QED) is 0.910. The summed E-state index contributed by atoms with van der Waals surface area (Å²) in [5.41, 5.74) is 3.94. The van der Waals surface area contributed by atoms with Crippen molar-refractivity contribution in [1.29, 1.82) is 0 Å². The van der Waals surface area contributed by atoms with Crippen LogP contribution in [0.1, 0.15) is 30.8 Å². The molecule has 0 aliphatic carbocycles. The van der Waals surface area contributed by atoms with Gasteiger partial charge in [0.1, 0.15) is 0 Å². The molecule has 1 fully saturated rings. The lowest BCUT2D eigenvalue weighted by Crippen LogP contribution is -2.48. The van der Waals surface area contributed by atoms with E-state index in [1.54, 1.807) is 0 Å². The Morgan fingerprint density at radius 3 is 2.67 bits per heavy atom. The normalized spacial score (nSPS) is 20.8. The summed E-state index contributed by atoms with van der Waals surface area (Å²) in [7, 11) is 0. The van der Waals surface area contributed by atoms with Crippen LogP contribution in [0.3, 0.4) is 0 Å². The van der Waals surface area contributed by atoms with E-state index in [0.717, 1.165) is 32.7 Å². The molecule has 1 aliphatic rings. The van der Waals surface area contributed by atoms with E-state index in [1.165, 1.54) is 17.0 Å². The van der Waals surface area contributed by atoms with E-state index >= 15 is 0 Å². The zero-order chi connectivity index (χ0) is 12.4. The van der Waals surface area contributed by atoms with Gasteiger partial charge in [-0.1, -0.05) is 0 Å². The van der Waals surface area contributed by atoms with Gasteiger partial charge in [0, 0.05) is 50.0 Å². The summed E-state index contributed by atoms with van der Waals surface area (Å²) in [5, 5.41) is 8.07. The summed E-state index contributed by atoms with van der Waals surface area (Å²) in [6.45, 7) is 14.1. The molecular formula is C13H25ClN4. The van der Waals surface area contributed by atoms with E-state index < -0.39 is 0 Å². The molecule has 0 saturated carbocycles. The van der Waals surface area contributed by atoms with Gasteiger partial charge in [0.05, 0.1) is 5.69 Å². The predicted octanol–water partition coefficient (Wildman–Crippen LogP) is 1.74. The monoisotopic (exact) mass is 272 g/mol. The van der Waals surface area contributed by atoms with Crippen LogP contribution in [0.2, 0.25) is 0 Å². The third kappa shape index (κ3) is 3.25. The lowest BCUT2D eigenvalue weighted by molar-refractivity contribution is 0.199. The summed E-state index contributed by atoms with van der Waals surface area (Å²) in [4.78, 5) is 2.53. The van der Waals surface area contributed by atoms with E-state index in [9.17, 15) is 0 Å². The van der Waals surface area contributed by atoms with Crippen molar-refractivity contribution in [2.24, 2.45) is 0 Å². The van der Waals surface area contributed by atoms with Crippen LogP contribution in [0.25, 0.3) is 0 Å². The molecule has 2 heterocycles. The molecule has 1 N–H and O–H groups in total. The first kappa shape index (κ1) is 15.5. The summed E-state index contributed by atoms with van der Waals surface area (Å²) in [5.74, 6) is 0. The second kappa shape index (κ2) is 6.55. The molecule has 0 amide bonds. The second-order valence-corrected chi connectivity index (χ2v) is 5.06. The Bertz CT molecular complexity index is 389. The van der Waals surface area contributed by atoms with Crippen LogP contribution in [-0.4, -0.2) is 40.4 Å². The fourth-order valence-electron chi connectivity index (χ4n) is 2.65. The van der Waals surface area contributed by atoms with Crippen LogP contribution in [0.15, 0.2) is 0 Å². The second-order valence-electron chi connectivity index (χ2n) is 5.06. The first-order valence-electron chi connectivity index (χ1n) is 6.60. The number of aromatic nitrogens is 2. The maximum atomic E-state index is 4.59. The van der Waals surface area contributed by atoms with Crippen LogP contribution in [0.4, 0.5) is 0 Å². The molecule has 5 heteroatoms. The first-order valence-corrected chi connectivity index (χ1v) is 6.60. The highest BCUT2D eigenvalue weighted by atomic mass is 35.5. The Morgan fingerprint density at radius 2 is 2.11 bits per heavy atom. The van der Waals surface area contributed by atoms with Gasteiger partial charge in [-0.2, -0.15) is 5.10 Å². The van der Waals surface area contributed by atoms with Gasteiger partial charge in [-0.05, 0) is 27.7 Å². The van der Waals surface area contributed by atoms with Crippen molar-refractivity contribution >= 4 is 12.4 Å². The van der Waals surface area contributed by atoms with Gasteiger partial charge in [-0.25, -0.2) is 0 Å². The Labute approximate surface area is 116 Å². The van der Waals surface area contributed by atoms with Crippen molar-refractivity contribution in [3.05, 3.63) is 17.0 Å². The molecule has 1 saturated heterocycles. The van der Waals surface area contributed by atoms with Crippen LogP contribution in [0, 0.1) is 13.8 Å². The van der Waals surface area contributed by atoms with E-state index in [2.05, 4.69) is 47.7 Å². The van der Waals surface area contributed by atoms with Gasteiger partial charge in [0.25, 0.3) is 0 Å². The number of piperazine rings is 1. The Balaban J connectivity index is 0.00000162. The van der Waals surface area contributed by atoms with Crippen molar-refractivity contribution in [3.63, 3.8) is 0 Å². The fourth-order valence-corrected chi connectivity index (χ4v) is 2.65.